The Morgan fingerprint density at radius 3 is 2.45 bits per heavy atom. The van der Waals surface area contributed by atoms with Gasteiger partial charge in [0, 0.05) is 0 Å². The van der Waals surface area contributed by atoms with Gasteiger partial charge in [-0.05, 0) is 64.8 Å². The number of anilines is 2. The minimum Gasteiger partial charge on any atom is -0.492 e. The van der Waals surface area contributed by atoms with Crippen molar-refractivity contribution in [2.75, 3.05) is 16.6 Å². The first-order valence-corrected chi connectivity index (χ1v) is 11.4. The molecule has 33 heavy (non-hydrogen) atoms. The number of carbonyl (C=O) groups is 2. The SMILES string of the molecule is CCOc1ccccc1N1C(=O)[C@@H]2[C@H](ON(c3ccccc3)[C@H]2c2ccc(F)c(Br)c2)C1=O. The van der Waals surface area contributed by atoms with E-state index in [1.165, 1.54) is 6.07 Å². The van der Waals surface area contributed by atoms with Crippen LogP contribution in [0.3, 0.4) is 0 Å². The summed E-state index contributed by atoms with van der Waals surface area (Å²) in [5.41, 5.74) is 1.73. The molecule has 0 N–H and O–H groups in total. The van der Waals surface area contributed by atoms with E-state index in [0.717, 1.165) is 4.90 Å². The van der Waals surface area contributed by atoms with Crippen molar-refractivity contribution in [3.63, 3.8) is 0 Å². The number of fused-ring (bicyclic) bond motifs is 1. The van der Waals surface area contributed by atoms with Crippen LogP contribution in [0.25, 0.3) is 0 Å². The zero-order valence-electron chi connectivity index (χ0n) is 17.7. The van der Waals surface area contributed by atoms with Gasteiger partial charge in [-0.1, -0.05) is 36.4 Å². The minimum absolute atomic E-state index is 0.270. The topological polar surface area (TPSA) is 59.1 Å². The van der Waals surface area contributed by atoms with Crippen molar-refractivity contribution < 1.29 is 23.6 Å². The van der Waals surface area contributed by atoms with Crippen molar-refractivity contribution in [3.05, 3.63) is 88.6 Å². The van der Waals surface area contributed by atoms with Gasteiger partial charge in [-0.2, -0.15) is 0 Å². The first-order valence-electron chi connectivity index (χ1n) is 10.6. The maximum Gasteiger partial charge on any atom is 0.266 e. The van der Waals surface area contributed by atoms with Gasteiger partial charge in [-0.3, -0.25) is 14.4 Å². The average Bonchev–Trinajstić information content (AvgIpc) is 3.33. The van der Waals surface area contributed by atoms with Crippen LogP contribution >= 0.6 is 15.9 Å². The number of carbonyl (C=O) groups excluding carboxylic acids is 2. The number of benzene rings is 3. The molecule has 3 atom stereocenters. The Morgan fingerprint density at radius 1 is 1.00 bits per heavy atom. The molecule has 0 aliphatic carbocycles. The highest BCUT2D eigenvalue weighted by Gasteiger charge is 2.60. The van der Waals surface area contributed by atoms with Gasteiger partial charge < -0.3 is 4.74 Å². The van der Waals surface area contributed by atoms with E-state index in [1.54, 1.807) is 41.5 Å². The second kappa shape index (κ2) is 8.61. The van der Waals surface area contributed by atoms with Crippen LogP contribution in [0.15, 0.2) is 77.3 Å². The summed E-state index contributed by atoms with van der Waals surface area (Å²) in [7, 11) is 0. The fourth-order valence-corrected chi connectivity index (χ4v) is 4.80. The Bertz CT molecular complexity index is 1220. The van der Waals surface area contributed by atoms with Gasteiger partial charge in [0.25, 0.3) is 5.91 Å². The number of hydroxylamine groups is 1. The molecule has 2 heterocycles. The summed E-state index contributed by atoms with van der Waals surface area (Å²) in [4.78, 5) is 34.4. The van der Waals surface area contributed by atoms with E-state index in [4.69, 9.17) is 9.57 Å². The van der Waals surface area contributed by atoms with Gasteiger partial charge >= 0.3 is 0 Å². The summed E-state index contributed by atoms with van der Waals surface area (Å²) in [6.07, 6.45) is -1.01. The highest BCUT2D eigenvalue weighted by atomic mass is 79.9. The van der Waals surface area contributed by atoms with E-state index >= 15 is 0 Å². The fraction of sp³-hybridized carbons (Fsp3) is 0.200. The number of rotatable bonds is 5. The largest absolute Gasteiger partial charge is 0.492 e. The molecule has 2 amide bonds. The standard InChI is InChI=1S/C25H20BrFN2O4/c1-2-32-20-11-7-6-10-19(20)28-24(30)21-22(15-12-13-18(27)17(26)14-15)29(33-23(21)25(28)31)16-8-4-3-5-9-16/h3-14,21-23H,2H2,1H3/t21-,22-,23-/m0/s1. The summed E-state index contributed by atoms with van der Waals surface area (Å²) < 4.78 is 19.9. The second-order valence-corrected chi connectivity index (χ2v) is 8.60. The smallest absolute Gasteiger partial charge is 0.266 e. The zero-order valence-corrected chi connectivity index (χ0v) is 19.2. The molecule has 168 valence electrons. The maximum atomic E-state index is 14.0. The molecular weight excluding hydrogens is 491 g/mol. The first kappa shape index (κ1) is 21.6. The molecule has 3 aromatic carbocycles. The normalized spacial score (nSPS) is 22.1. The molecule has 8 heteroatoms. The van der Waals surface area contributed by atoms with Crippen LogP contribution < -0.4 is 14.7 Å². The van der Waals surface area contributed by atoms with E-state index in [1.807, 2.05) is 37.3 Å². The minimum atomic E-state index is -1.01. The van der Waals surface area contributed by atoms with E-state index in [-0.39, 0.29) is 10.4 Å². The van der Waals surface area contributed by atoms with Crippen LogP contribution in [-0.4, -0.2) is 24.5 Å². The highest BCUT2D eigenvalue weighted by molar-refractivity contribution is 9.10. The molecule has 5 rings (SSSR count). The van der Waals surface area contributed by atoms with Crippen molar-refractivity contribution in [1.29, 1.82) is 0 Å². The summed E-state index contributed by atoms with van der Waals surface area (Å²) >= 11 is 3.23. The van der Waals surface area contributed by atoms with Gasteiger partial charge in [0.2, 0.25) is 5.91 Å². The third kappa shape index (κ3) is 3.59. The van der Waals surface area contributed by atoms with Crippen molar-refractivity contribution in [3.8, 4) is 5.75 Å². The predicted molar refractivity (Wildman–Crippen MR) is 124 cm³/mol. The molecule has 0 bridgehead atoms. The summed E-state index contributed by atoms with van der Waals surface area (Å²) in [6.45, 7) is 2.23. The first-order chi connectivity index (χ1) is 16.0. The number of nitrogens with zero attached hydrogens (tertiary/aromatic N) is 2. The Hall–Kier alpha value is -3.23. The van der Waals surface area contributed by atoms with Crippen LogP contribution in [0.5, 0.6) is 5.75 Å². The number of ether oxygens (including phenoxy) is 1. The van der Waals surface area contributed by atoms with Crippen molar-refractivity contribution in [2.24, 2.45) is 5.92 Å². The monoisotopic (exact) mass is 510 g/mol. The lowest BCUT2D eigenvalue weighted by Crippen LogP contribution is -2.37. The number of hydrogen-bond donors (Lipinski definition) is 0. The second-order valence-electron chi connectivity index (χ2n) is 7.74. The lowest BCUT2D eigenvalue weighted by atomic mass is 9.90. The maximum absolute atomic E-state index is 14.0. The summed E-state index contributed by atoms with van der Waals surface area (Å²) in [5.74, 6) is -1.63. The van der Waals surface area contributed by atoms with Crippen LogP contribution in [0.2, 0.25) is 0 Å². The number of hydrogen-bond acceptors (Lipinski definition) is 5. The van der Waals surface area contributed by atoms with Gasteiger partial charge in [0.05, 0.1) is 28.5 Å². The Labute approximate surface area is 198 Å². The number of halogens is 2. The quantitative estimate of drug-likeness (QED) is 0.450. The van der Waals surface area contributed by atoms with E-state index in [2.05, 4.69) is 15.9 Å². The van der Waals surface area contributed by atoms with Gasteiger partial charge in [-0.25, -0.2) is 14.4 Å². The van der Waals surface area contributed by atoms with E-state index < -0.39 is 29.8 Å². The number of amides is 2. The molecule has 0 saturated carbocycles. The van der Waals surface area contributed by atoms with E-state index in [9.17, 15) is 14.0 Å². The molecule has 0 unspecified atom stereocenters. The Kier molecular flexibility index (Phi) is 5.64. The summed E-state index contributed by atoms with van der Waals surface area (Å²) in [6, 6.07) is 20.1. The lowest BCUT2D eigenvalue weighted by Gasteiger charge is -2.29. The summed E-state index contributed by atoms with van der Waals surface area (Å²) in [5, 5.41) is 1.58. The van der Waals surface area contributed by atoms with Crippen LogP contribution in [0.4, 0.5) is 15.8 Å². The third-order valence-corrected chi connectivity index (χ3v) is 6.42. The predicted octanol–water partition coefficient (Wildman–Crippen LogP) is 5.04. The Balaban J connectivity index is 1.60. The lowest BCUT2D eigenvalue weighted by molar-refractivity contribution is -0.126. The molecule has 6 nitrogen and oxygen atoms in total. The van der Waals surface area contributed by atoms with Crippen LogP contribution in [-0.2, 0) is 14.4 Å². The molecule has 2 saturated heterocycles. The molecule has 2 aliphatic rings. The molecule has 2 fully saturated rings. The van der Waals surface area contributed by atoms with Crippen molar-refractivity contribution in [2.45, 2.75) is 19.1 Å². The molecule has 0 aromatic heterocycles. The van der Waals surface area contributed by atoms with Crippen LogP contribution in [0.1, 0.15) is 18.5 Å². The molecule has 0 radical (unpaired) electrons. The molecular formula is C25H20BrFN2O4. The van der Waals surface area contributed by atoms with E-state index in [0.29, 0.717) is 29.3 Å². The van der Waals surface area contributed by atoms with Gasteiger partial charge in [0.1, 0.15) is 17.5 Å². The Morgan fingerprint density at radius 2 is 1.73 bits per heavy atom. The van der Waals surface area contributed by atoms with Gasteiger partial charge in [0.15, 0.2) is 6.10 Å². The molecule has 2 aliphatic heterocycles. The highest BCUT2D eigenvalue weighted by Crippen LogP contribution is 2.48. The number of para-hydroxylation sites is 3. The van der Waals surface area contributed by atoms with Crippen molar-refractivity contribution >= 4 is 39.1 Å². The van der Waals surface area contributed by atoms with Gasteiger partial charge in [-0.15, -0.1) is 0 Å². The molecule has 3 aromatic rings. The van der Waals surface area contributed by atoms with Crippen molar-refractivity contribution in [1.82, 2.24) is 0 Å². The number of imide groups is 1. The zero-order chi connectivity index (χ0) is 23.1. The molecule has 0 spiro atoms. The fourth-order valence-electron chi connectivity index (χ4n) is 4.41. The average molecular weight is 511 g/mol. The van der Waals surface area contributed by atoms with Crippen LogP contribution in [0, 0.1) is 11.7 Å². The third-order valence-electron chi connectivity index (χ3n) is 5.82.